The lowest BCUT2D eigenvalue weighted by molar-refractivity contribution is -0.131. The number of likely N-dealkylation sites (tertiary alicyclic amines) is 1. The molecule has 1 aliphatic heterocycles. The number of hydrogen-bond acceptors (Lipinski definition) is 4. The third kappa shape index (κ3) is 5.37. The molecule has 1 aliphatic rings. The van der Waals surface area contributed by atoms with E-state index in [4.69, 9.17) is 5.11 Å². The maximum absolute atomic E-state index is 12.6. The van der Waals surface area contributed by atoms with Gasteiger partial charge in [0.1, 0.15) is 0 Å². The minimum absolute atomic E-state index is 0.134. The largest absolute Gasteiger partial charge is 0.478 e. The van der Waals surface area contributed by atoms with E-state index in [0.717, 1.165) is 37.2 Å². The predicted molar refractivity (Wildman–Crippen MR) is 102 cm³/mol. The van der Waals surface area contributed by atoms with E-state index in [1.54, 1.807) is 24.4 Å². The first-order valence-electron chi connectivity index (χ1n) is 9.19. The summed E-state index contributed by atoms with van der Waals surface area (Å²) in [5.41, 5.74) is 2.28. The van der Waals surface area contributed by atoms with Gasteiger partial charge >= 0.3 is 5.97 Å². The van der Waals surface area contributed by atoms with Crippen LogP contribution in [0.1, 0.15) is 28.0 Å². The Bertz CT molecular complexity index is 794. The van der Waals surface area contributed by atoms with Crippen molar-refractivity contribution in [3.63, 3.8) is 0 Å². The van der Waals surface area contributed by atoms with E-state index in [-0.39, 0.29) is 5.91 Å². The number of carboxylic acid groups (broad SMARTS) is 1. The molecule has 2 heterocycles. The first-order chi connectivity index (χ1) is 13.0. The van der Waals surface area contributed by atoms with Crippen molar-refractivity contribution in [2.45, 2.75) is 19.4 Å². The maximum Gasteiger partial charge on any atom is 0.335 e. The van der Waals surface area contributed by atoms with E-state index in [1.165, 1.54) is 0 Å². The molecule has 27 heavy (non-hydrogen) atoms. The van der Waals surface area contributed by atoms with Crippen LogP contribution >= 0.6 is 0 Å². The van der Waals surface area contributed by atoms with E-state index in [1.807, 2.05) is 41.1 Å². The van der Waals surface area contributed by atoms with Gasteiger partial charge in [-0.3, -0.25) is 14.7 Å². The number of carbonyl (C=O) groups is 2. The number of aromatic carboxylic acids is 1. The Labute approximate surface area is 159 Å². The number of pyridine rings is 1. The second-order valence-corrected chi connectivity index (χ2v) is 7.20. The van der Waals surface area contributed by atoms with Crippen molar-refractivity contribution in [2.24, 2.45) is 5.92 Å². The summed E-state index contributed by atoms with van der Waals surface area (Å²) in [6.45, 7) is 2.51. The molecule has 0 aliphatic carbocycles. The molecule has 0 spiro atoms. The van der Waals surface area contributed by atoms with Gasteiger partial charge in [0.15, 0.2) is 0 Å². The summed E-state index contributed by atoms with van der Waals surface area (Å²) in [6.07, 6.45) is 3.51. The summed E-state index contributed by atoms with van der Waals surface area (Å²) in [7, 11) is 1.93. The Morgan fingerprint density at radius 2 is 2.11 bits per heavy atom. The maximum atomic E-state index is 12.6. The molecule has 0 radical (unpaired) electrons. The summed E-state index contributed by atoms with van der Waals surface area (Å²) in [4.78, 5) is 31.9. The van der Waals surface area contributed by atoms with Crippen molar-refractivity contribution in [1.29, 1.82) is 0 Å². The second-order valence-electron chi connectivity index (χ2n) is 7.20. The highest BCUT2D eigenvalue weighted by atomic mass is 16.4. The molecule has 0 unspecified atom stereocenters. The van der Waals surface area contributed by atoms with E-state index < -0.39 is 5.97 Å². The Hall–Kier alpha value is -2.73. The summed E-state index contributed by atoms with van der Waals surface area (Å²) in [5, 5.41) is 9.11. The number of carbonyl (C=O) groups excluding carboxylic acids is 1. The number of hydrogen-bond donors (Lipinski definition) is 1. The van der Waals surface area contributed by atoms with Gasteiger partial charge in [-0.2, -0.15) is 0 Å². The fourth-order valence-corrected chi connectivity index (χ4v) is 3.55. The molecule has 1 saturated heterocycles. The number of likely N-dealkylation sites (N-methyl/N-ethyl adjacent to an activating group) is 1. The molecule has 1 aromatic heterocycles. The highest BCUT2D eigenvalue weighted by Gasteiger charge is 2.27. The van der Waals surface area contributed by atoms with Gasteiger partial charge in [-0.15, -0.1) is 0 Å². The number of rotatable bonds is 7. The minimum atomic E-state index is -0.906. The monoisotopic (exact) mass is 367 g/mol. The van der Waals surface area contributed by atoms with E-state index in [9.17, 15) is 9.59 Å². The first kappa shape index (κ1) is 19.0. The molecule has 6 heteroatoms. The van der Waals surface area contributed by atoms with Crippen molar-refractivity contribution in [3.8, 4) is 0 Å². The molecule has 0 saturated carbocycles. The summed E-state index contributed by atoms with van der Waals surface area (Å²) < 4.78 is 0. The van der Waals surface area contributed by atoms with Gasteiger partial charge in [0.25, 0.3) is 0 Å². The van der Waals surface area contributed by atoms with Crippen LogP contribution in [0.3, 0.4) is 0 Å². The standard InChI is InChI=1S/C21H25N3O3/c1-23(14-19-7-2-3-9-22-19)15-20(25)24-10-8-17(13-24)11-16-5-4-6-18(12-16)21(26)27/h2-7,9,12,17H,8,10-11,13-15H2,1H3,(H,26,27)/t17-/m0/s1. The zero-order valence-corrected chi connectivity index (χ0v) is 15.5. The molecule has 6 nitrogen and oxygen atoms in total. The van der Waals surface area contributed by atoms with Crippen molar-refractivity contribution >= 4 is 11.9 Å². The van der Waals surface area contributed by atoms with Gasteiger partial charge in [0.05, 0.1) is 17.8 Å². The van der Waals surface area contributed by atoms with Crippen LogP contribution < -0.4 is 0 Å². The van der Waals surface area contributed by atoms with Crippen LogP contribution in [0.5, 0.6) is 0 Å². The van der Waals surface area contributed by atoms with Gasteiger partial charge in [-0.1, -0.05) is 18.2 Å². The summed E-state index contributed by atoms with van der Waals surface area (Å²) >= 11 is 0. The number of benzene rings is 1. The third-order valence-corrected chi connectivity index (χ3v) is 4.90. The number of nitrogens with zero attached hydrogens (tertiary/aromatic N) is 3. The molecule has 1 aromatic carbocycles. The van der Waals surface area contributed by atoms with Crippen molar-refractivity contribution in [3.05, 3.63) is 65.5 Å². The molecular weight excluding hydrogens is 342 g/mol. The van der Waals surface area contributed by atoms with E-state index in [0.29, 0.717) is 24.6 Å². The van der Waals surface area contributed by atoms with Crippen LogP contribution in [-0.2, 0) is 17.8 Å². The fourth-order valence-electron chi connectivity index (χ4n) is 3.55. The second kappa shape index (κ2) is 8.77. The highest BCUT2D eigenvalue weighted by Crippen LogP contribution is 2.21. The zero-order valence-electron chi connectivity index (χ0n) is 15.5. The lowest BCUT2D eigenvalue weighted by atomic mass is 9.97. The quantitative estimate of drug-likeness (QED) is 0.813. The molecule has 142 valence electrons. The molecule has 1 amide bonds. The van der Waals surface area contributed by atoms with Crippen LogP contribution in [0, 0.1) is 5.92 Å². The summed E-state index contributed by atoms with van der Waals surface area (Å²) in [6, 6.07) is 12.9. The van der Waals surface area contributed by atoms with Crippen LogP contribution in [0.4, 0.5) is 0 Å². The van der Waals surface area contributed by atoms with Crippen LogP contribution in [0.2, 0.25) is 0 Å². The van der Waals surface area contributed by atoms with Gasteiger partial charge in [-0.05, 0) is 55.6 Å². The average Bonchev–Trinajstić information content (AvgIpc) is 3.11. The van der Waals surface area contributed by atoms with Crippen molar-refractivity contribution < 1.29 is 14.7 Å². The van der Waals surface area contributed by atoms with Gasteiger partial charge < -0.3 is 10.0 Å². The normalized spacial score (nSPS) is 16.7. The fraction of sp³-hybridized carbons (Fsp3) is 0.381. The molecular formula is C21H25N3O3. The SMILES string of the molecule is CN(CC(=O)N1CC[C@@H](Cc2cccc(C(=O)O)c2)C1)Cc1ccccn1. The molecule has 1 fully saturated rings. The lowest BCUT2D eigenvalue weighted by Gasteiger charge is -2.21. The molecule has 1 atom stereocenters. The predicted octanol–water partition coefficient (Wildman–Crippen LogP) is 2.30. The van der Waals surface area contributed by atoms with Crippen LogP contribution in [0.25, 0.3) is 0 Å². The van der Waals surface area contributed by atoms with Crippen LogP contribution in [-0.4, -0.2) is 58.4 Å². The van der Waals surface area contributed by atoms with Gasteiger partial charge in [-0.25, -0.2) is 4.79 Å². The molecule has 3 rings (SSSR count). The summed E-state index contributed by atoms with van der Waals surface area (Å²) in [5.74, 6) is -0.398. The Kier molecular flexibility index (Phi) is 6.19. The van der Waals surface area contributed by atoms with Crippen molar-refractivity contribution in [2.75, 3.05) is 26.7 Å². The molecule has 0 bridgehead atoms. The Balaban J connectivity index is 1.49. The Morgan fingerprint density at radius 3 is 2.85 bits per heavy atom. The highest BCUT2D eigenvalue weighted by molar-refractivity contribution is 5.87. The zero-order chi connectivity index (χ0) is 19.2. The molecule has 1 N–H and O–H groups in total. The number of aromatic nitrogens is 1. The van der Waals surface area contributed by atoms with Crippen molar-refractivity contribution in [1.82, 2.24) is 14.8 Å². The molecule has 2 aromatic rings. The first-order valence-corrected chi connectivity index (χ1v) is 9.19. The van der Waals surface area contributed by atoms with E-state index >= 15 is 0 Å². The minimum Gasteiger partial charge on any atom is -0.478 e. The topological polar surface area (TPSA) is 73.7 Å². The lowest BCUT2D eigenvalue weighted by Crippen LogP contribution is -2.37. The van der Waals surface area contributed by atoms with E-state index in [2.05, 4.69) is 4.98 Å². The Morgan fingerprint density at radius 1 is 1.26 bits per heavy atom. The smallest absolute Gasteiger partial charge is 0.335 e. The van der Waals surface area contributed by atoms with Crippen LogP contribution in [0.15, 0.2) is 48.7 Å². The number of carboxylic acids is 1. The average molecular weight is 367 g/mol. The van der Waals surface area contributed by atoms with Gasteiger partial charge in [0, 0.05) is 25.8 Å². The number of amides is 1. The third-order valence-electron chi connectivity index (χ3n) is 4.90. The van der Waals surface area contributed by atoms with Gasteiger partial charge in [0.2, 0.25) is 5.91 Å².